The summed E-state index contributed by atoms with van der Waals surface area (Å²) < 4.78 is 0. The Hall–Kier alpha value is -2.16. The van der Waals surface area contributed by atoms with Gasteiger partial charge < -0.3 is 10.7 Å². The molecule has 0 amide bonds. The zero-order chi connectivity index (χ0) is 12.4. The molecule has 0 heterocycles. The highest BCUT2D eigenvalue weighted by Crippen LogP contribution is 2.29. The van der Waals surface area contributed by atoms with Gasteiger partial charge in [-0.2, -0.15) is 0 Å². The molecule has 0 unspecified atom stereocenters. The van der Waals surface area contributed by atoms with Crippen molar-refractivity contribution in [2.24, 2.45) is 0 Å². The molecule has 0 fully saturated rings. The van der Waals surface area contributed by atoms with Gasteiger partial charge in [-0.25, -0.2) is 0 Å². The summed E-state index contributed by atoms with van der Waals surface area (Å²) >= 11 is 0. The lowest BCUT2D eigenvalue weighted by atomic mass is 9.97. The maximum Gasteiger partial charge on any atom is 0.0932 e. The van der Waals surface area contributed by atoms with Crippen LogP contribution in [-0.4, -0.2) is 0 Å². The predicted octanol–water partition coefficient (Wildman–Crippen LogP) is 3.02. The summed E-state index contributed by atoms with van der Waals surface area (Å²) in [5, 5.41) is 15.3. The third kappa shape index (κ3) is 1.78. The van der Waals surface area contributed by atoms with Crippen molar-refractivity contribution in [3.05, 3.63) is 71.6 Å². The van der Waals surface area contributed by atoms with Gasteiger partial charge in [0.05, 0.1) is 6.20 Å². The minimum Gasteiger partial charge on any atom is -0.631 e. The minimum atomic E-state index is 0.816. The van der Waals surface area contributed by atoms with Gasteiger partial charge in [-0.05, 0) is 39.3 Å². The Kier molecular flexibility index (Phi) is 2.81. The molecule has 0 saturated heterocycles. The maximum atomic E-state index is 10.6. The van der Waals surface area contributed by atoms with Crippen molar-refractivity contribution in [3.8, 4) is 0 Å². The monoisotopic (exact) mass is 235 g/mol. The molecule has 2 N–H and O–H groups in total. The number of hydrogen-bond donors (Lipinski definition) is 1. The third-order valence-electron chi connectivity index (χ3n) is 3.15. The first kappa shape index (κ1) is 11.0. The van der Waals surface area contributed by atoms with Crippen molar-refractivity contribution in [1.82, 2.24) is 0 Å². The van der Waals surface area contributed by atoms with Crippen LogP contribution in [0.4, 0.5) is 0 Å². The zero-order valence-electron chi connectivity index (χ0n) is 9.84. The van der Waals surface area contributed by atoms with E-state index in [4.69, 9.17) is 0 Å². The predicted molar refractivity (Wildman–Crippen MR) is 75.8 cm³/mol. The van der Waals surface area contributed by atoms with E-state index in [2.05, 4.69) is 30.3 Å². The Bertz CT molecular complexity index is 677. The van der Waals surface area contributed by atoms with Gasteiger partial charge in [0.1, 0.15) is 0 Å². The van der Waals surface area contributed by atoms with Crippen LogP contribution in [0.15, 0.2) is 60.8 Å². The van der Waals surface area contributed by atoms with E-state index in [0.29, 0.717) is 0 Å². The molecule has 0 bridgehead atoms. The van der Waals surface area contributed by atoms with Gasteiger partial charge >= 0.3 is 0 Å². The van der Waals surface area contributed by atoms with E-state index in [9.17, 15) is 5.21 Å². The Morgan fingerprint density at radius 1 is 0.833 bits per heavy atom. The second-order valence-electron chi connectivity index (χ2n) is 4.23. The van der Waals surface area contributed by atoms with Crippen LogP contribution in [0.3, 0.4) is 0 Å². The standard InChI is InChI=1S/C16H13NO/c18-17-10-9-16-14-7-3-1-5-12(14)11-13-6-2-4-8-15(13)16/h1-11H,17H2/b10-9-. The highest BCUT2D eigenvalue weighted by molar-refractivity contribution is 6.06. The van der Waals surface area contributed by atoms with E-state index in [1.807, 2.05) is 30.3 Å². The Labute approximate surface area is 105 Å². The number of nitrogens with two attached hydrogens (primary N) is 1. The lowest BCUT2D eigenvalue weighted by Crippen LogP contribution is -2.69. The van der Waals surface area contributed by atoms with Crippen LogP contribution in [0.1, 0.15) is 5.56 Å². The van der Waals surface area contributed by atoms with E-state index in [1.165, 1.54) is 21.5 Å². The topological polar surface area (TPSA) is 39.7 Å². The Morgan fingerprint density at radius 3 is 1.94 bits per heavy atom. The molecule has 0 aliphatic carbocycles. The maximum absolute atomic E-state index is 10.6. The molecule has 0 aliphatic rings. The normalized spacial score (nSPS) is 11.6. The van der Waals surface area contributed by atoms with E-state index in [1.54, 1.807) is 6.20 Å². The summed E-state index contributed by atoms with van der Waals surface area (Å²) in [4.78, 5) is 0. The van der Waals surface area contributed by atoms with Crippen LogP contribution >= 0.6 is 0 Å². The van der Waals surface area contributed by atoms with Crippen LogP contribution in [0.5, 0.6) is 0 Å². The SMILES string of the molecule is [O-][NH2+]/C=C\c1c2ccccc2cc2ccccc12. The summed E-state index contributed by atoms with van der Waals surface area (Å²) in [6.45, 7) is 0. The molecule has 2 heteroatoms. The first-order valence-electron chi connectivity index (χ1n) is 5.92. The van der Waals surface area contributed by atoms with E-state index < -0.39 is 0 Å². The van der Waals surface area contributed by atoms with Crippen molar-refractivity contribution >= 4 is 27.6 Å². The van der Waals surface area contributed by atoms with Crippen LogP contribution in [0.25, 0.3) is 27.6 Å². The highest BCUT2D eigenvalue weighted by atomic mass is 16.5. The van der Waals surface area contributed by atoms with Crippen molar-refractivity contribution in [2.45, 2.75) is 0 Å². The number of hydroxylamine groups is 1. The third-order valence-corrected chi connectivity index (χ3v) is 3.15. The molecular weight excluding hydrogens is 222 g/mol. The summed E-state index contributed by atoms with van der Waals surface area (Å²) in [6.07, 6.45) is 3.44. The fourth-order valence-corrected chi connectivity index (χ4v) is 2.36. The Balaban J connectivity index is 2.45. The van der Waals surface area contributed by atoms with Gasteiger partial charge in [0.15, 0.2) is 0 Å². The zero-order valence-corrected chi connectivity index (χ0v) is 9.84. The lowest BCUT2D eigenvalue weighted by Gasteiger charge is -2.07. The summed E-state index contributed by atoms with van der Waals surface area (Å²) in [7, 11) is 0. The van der Waals surface area contributed by atoms with Gasteiger partial charge in [-0.3, -0.25) is 0 Å². The van der Waals surface area contributed by atoms with Gasteiger partial charge in [-0.1, -0.05) is 48.5 Å². The Morgan fingerprint density at radius 2 is 1.39 bits per heavy atom. The molecule has 3 aromatic rings. The van der Waals surface area contributed by atoms with Crippen LogP contribution < -0.4 is 5.48 Å². The second-order valence-corrected chi connectivity index (χ2v) is 4.23. The molecule has 3 aromatic carbocycles. The van der Waals surface area contributed by atoms with E-state index in [-0.39, 0.29) is 0 Å². The van der Waals surface area contributed by atoms with Crippen molar-refractivity contribution in [3.63, 3.8) is 0 Å². The number of rotatable bonds is 2. The fraction of sp³-hybridized carbons (Fsp3) is 0. The van der Waals surface area contributed by atoms with Crippen molar-refractivity contribution in [2.75, 3.05) is 0 Å². The molecule has 0 spiro atoms. The number of quaternary nitrogens is 1. The molecule has 2 nitrogen and oxygen atoms in total. The molecule has 88 valence electrons. The smallest absolute Gasteiger partial charge is 0.0932 e. The molecule has 0 aromatic heterocycles. The first-order chi connectivity index (χ1) is 8.90. The van der Waals surface area contributed by atoms with Gasteiger partial charge in [0, 0.05) is 0 Å². The highest BCUT2D eigenvalue weighted by Gasteiger charge is 2.04. The molecule has 0 aliphatic heterocycles. The summed E-state index contributed by atoms with van der Waals surface area (Å²) in [5.41, 5.74) is 1.92. The van der Waals surface area contributed by atoms with Gasteiger partial charge in [0.25, 0.3) is 0 Å². The summed E-state index contributed by atoms with van der Waals surface area (Å²) in [6, 6.07) is 18.7. The largest absolute Gasteiger partial charge is 0.631 e. The molecule has 0 radical (unpaired) electrons. The van der Waals surface area contributed by atoms with E-state index >= 15 is 0 Å². The van der Waals surface area contributed by atoms with Crippen LogP contribution in [0, 0.1) is 5.21 Å². The quantitative estimate of drug-likeness (QED) is 0.538. The molecule has 18 heavy (non-hydrogen) atoms. The minimum absolute atomic E-state index is 0.816. The second kappa shape index (κ2) is 4.61. The number of hydrogen-bond acceptors (Lipinski definition) is 1. The molecule has 0 atom stereocenters. The molecule has 3 rings (SSSR count). The first-order valence-corrected chi connectivity index (χ1v) is 5.92. The van der Waals surface area contributed by atoms with Crippen LogP contribution in [-0.2, 0) is 0 Å². The summed E-state index contributed by atoms with van der Waals surface area (Å²) in [5.74, 6) is 0. The van der Waals surface area contributed by atoms with Crippen molar-refractivity contribution < 1.29 is 5.48 Å². The number of fused-ring (bicyclic) bond motifs is 2. The van der Waals surface area contributed by atoms with Crippen molar-refractivity contribution in [1.29, 1.82) is 0 Å². The lowest BCUT2D eigenvalue weighted by molar-refractivity contribution is -0.513. The van der Waals surface area contributed by atoms with Crippen LogP contribution in [0.2, 0.25) is 0 Å². The average molecular weight is 235 g/mol. The number of benzene rings is 3. The van der Waals surface area contributed by atoms with Gasteiger partial charge in [0.2, 0.25) is 0 Å². The fourth-order valence-electron chi connectivity index (χ4n) is 2.36. The van der Waals surface area contributed by atoms with Gasteiger partial charge in [-0.15, -0.1) is 0 Å². The molecular formula is C16H13NO. The molecule has 0 saturated carbocycles. The van der Waals surface area contributed by atoms with E-state index in [0.717, 1.165) is 11.0 Å². The average Bonchev–Trinajstić information content (AvgIpc) is 2.43.